The van der Waals surface area contributed by atoms with Crippen LogP contribution in [0.2, 0.25) is 15.1 Å². The third-order valence-electron chi connectivity index (χ3n) is 4.48. The Morgan fingerprint density at radius 2 is 1.77 bits per heavy atom. The molecule has 158 valence electrons. The summed E-state index contributed by atoms with van der Waals surface area (Å²) < 4.78 is -1.30. The second-order valence-electron chi connectivity index (χ2n) is 6.52. The van der Waals surface area contributed by atoms with E-state index in [2.05, 4.69) is 17.4 Å². The summed E-state index contributed by atoms with van der Waals surface area (Å²) in [6.45, 7) is 3.61. The molecule has 0 aromatic heterocycles. The number of anilines is 1. The topological polar surface area (TPSA) is 67.4 Å². The van der Waals surface area contributed by atoms with Gasteiger partial charge in [0.25, 0.3) is 5.91 Å². The molecule has 0 spiro atoms. The second-order valence-corrected chi connectivity index (χ2v) is 9.18. The molecule has 1 fully saturated rings. The highest BCUT2D eigenvalue weighted by atomic mass is 35.5. The van der Waals surface area contributed by atoms with E-state index >= 15 is 0 Å². The number of carbonyl (C=O) groups is 2. The van der Waals surface area contributed by atoms with Gasteiger partial charge < -0.3 is 5.32 Å². The zero-order valence-electron chi connectivity index (χ0n) is 15.2. The van der Waals surface area contributed by atoms with Gasteiger partial charge in [-0.3, -0.25) is 14.4 Å². The van der Waals surface area contributed by atoms with Gasteiger partial charge in [0.2, 0.25) is 5.91 Å². The molecule has 3 rings (SSSR count). The summed E-state index contributed by atoms with van der Waals surface area (Å²) in [5.41, 5.74) is 3.41. The molecule has 5 nitrogen and oxygen atoms in total. The predicted molar refractivity (Wildman–Crippen MR) is 121 cm³/mol. The van der Waals surface area contributed by atoms with Gasteiger partial charge in [0.1, 0.15) is 4.33 Å². The maximum atomic E-state index is 12.8. The van der Waals surface area contributed by atoms with E-state index in [1.54, 1.807) is 24.3 Å². The fourth-order valence-corrected chi connectivity index (χ4v) is 4.33. The Labute approximate surface area is 198 Å². The number of nitrogens with one attached hydrogen (secondary N) is 2. The number of amides is 2. The van der Waals surface area contributed by atoms with Crippen LogP contribution in [0, 0.1) is 5.92 Å². The maximum absolute atomic E-state index is 12.8. The third kappa shape index (κ3) is 4.88. The molecular weight excluding hydrogens is 493 g/mol. The van der Waals surface area contributed by atoms with Crippen LogP contribution in [0.25, 0.3) is 0 Å². The van der Waals surface area contributed by atoms with Gasteiger partial charge >= 0.3 is 0 Å². The van der Waals surface area contributed by atoms with E-state index in [-0.39, 0.29) is 17.2 Å². The third-order valence-corrected chi connectivity index (χ3v) is 6.49. The Bertz CT molecular complexity index is 1010. The Kier molecular flexibility index (Phi) is 7.23. The van der Waals surface area contributed by atoms with Gasteiger partial charge in [-0.15, -0.1) is 29.8 Å². The minimum absolute atomic E-state index is 0.123. The monoisotopic (exact) mass is 506 g/mol. The number of alkyl halides is 2. The van der Waals surface area contributed by atoms with Crippen LogP contribution in [0.3, 0.4) is 0 Å². The Morgan fingerprint density at radius 3 is 2.43 bits per heavy atom. The van der Waals surface area contributed by atoms with Crippen LogP contribution >= 0.6 is 58.0 Å². The van der Waals surface area contributed by atoms with Gasteiger partial charge in [0, 0.05) is 11.6 Å². The Hall–Kier alpha value is -1.47. The summed E-state index contributed by atoms with van der Waals surface area (Å²) in [5, 5.41) is 3.64. The number of hydrogen-bond donors (Lipinski definition) is 2. The van der Waals surface area contributed by atoms with Crippen molar-refractivity contribution >= 4 is 75.5 Å². The highest BCUT2D eigenvalue weighted by Crippen LogP contribution is 2.65. The fourth-order valence-electron chi connectivity index (χ4n) is 2.99. The van der Waals surface area contributed by atoms with Crippen molar-refractivity contribution < 1.29 is 14.4 Å². The van der Waals surface area contributed by atoms with Crippen molar-refractivity contribution in [3.8, 4) is 0 Å². The van der Waals surface area contributed by atoms with Crippen LogP contribution in [0.15, 0.2) is 49.1 Å². The summed E-state index contributed by atoms with van der Waals surface area (Å²) in [6, 6.07) is 9.44. The fraction of sp³-hybridized carbons (Fsp3) is 0.200. The molecule has 10 heteroatoms. The zero-order chi connectivity index (χ0) is 22.1. The Balaban J connectivity index is 1.74. The maximum Gasteiger partial charge on any atom is 0.276 e. The van der Waals surface area contributed by atoms with Crippen LogP contribution in [-0.2, 0) is 9.63 Å². The average Bonchev–Trinajstić information content (AvgIpc) is 3.27. The molecule has 2 amide bonds. The smallest absolute Gasteiger partial charge is 0.276 e. The number of hydroxylamine groups is 1. The lowest BCUT2D eigenvalue weighted by atomic mass is 10.1. The standard InChI is InChI=1S/C20H15Cl5N2O3/c1-2-7-30-27-18(28)12-9-11(4-6-13(12)21)26-19(29)17-16(20(17,24)25)10-3-5-14(22)15(23)8-10/h2-6,8-9,16-17H,1,7H2,(H,26,29)(H,27,28). The first-order chi connectivity index (χ1) is 14.2. The first-order valence-electron chi connectivity index (χ1n) is 8.63. The molecule has 2 N–H and O–H groups in total. The molecule has 0 aliphatic heterocycles. The van der Waals surface area contributed by atoms with Gasteiger partial charge in [0.05, 0.1) is 33.2 Å². The average molecular weight is 509 g/mol. The van der Waals surface area contributed by atoms with Crippen LogP contribution in [0.5, 0.6) is 0 Å². The minimum Gasteiger partial charge on any atom is -0.326 e. The van der Waals surface area contributed by atoms with Crippen LogP contribution in [0.1, 0.15) is 21.8 Å². The van der Waals surface area contributed by atoms with E-state index < -0.39 is 28.0 Å². The van der Waals surface area contributed by atoms with Gasteiger partial charge in [-0.25, -0.2) is 5.48 Å². The largest absolute Gasteiger partial charge is 0.326 e. The van der Waals surface area contributed by atoms with E-state index in [0.29, 0.717) is 21.3 Å². The summed E-state index contributed by atoms with van der Waals surface area (Å²) >= 11 is 30.8. The molecule has 2 aromatic rings. The highest BCUT2D eigenvalue weighted by Gasteiger charge is 2.67. The number of benzene rings is 2. The molecule has 2 aromatic carbocycles. The molecule has 0 heterocycles. The first kappa shape index (κ1) is 23.2. The summed E-state index contributed by atoms with van der Waals surface area (Å²) in [6.07, 6.45) is 1.48. The molecular formula is C20H15Cl5N2O3. The van der Waals surface area contributed by atoms with Crippen molar-refractivity contribution in [3.05, 3.63) is 75.2 Å². The molecule has 1 aliphatic carbocycles. The van der Waals surface area contributed by atoms with Crippen molar-refractivity contribution in [3.63, 3.8) is 0 Å². The second kappa shape index (κ2) is 9.35. The molecule has 30 heavy (non-hydrogen) atoms. The summed E-state index contributed by atoms with van der Waals surface area (Å²) in [5.74, 6) is -2.16. The van der Waals surface area contributed by atoms with Gasteiger partial charge in [-0.2, -0.15) is 0 Å². The van der Waals surface area contributed by atoms with Crippen LogP contribution < -0.4 is 10.8 Å². The van der Waals surface area contributed by atoms with E-state index in [1.165, 1.54) is 18.2 Å². The van der Waals surface area contributed by atoms with Gasteiger partial charge in [-0.05, 0) is 35.9 Å². The van der Waals surface area contributed by atoms with Gasteiger partial charge in [0.15, 0.2) is 0 Å². The summed E-state index contributed by atoms with van der Waals surface area (Å²) in [4.78, 5) is 29.9. The first-order valence-corrected chi connectivity index (χ1v) is 10.5. The van der Waals surface area contributed by atoms with Crippen molar-refractivity contribution in [1.29, 1.82) is 0 Å². The predicted octanol–water partition coefficient (Wildman–Crippen LogP) is 6.02. The van der Waals surface area contributed by atoms with E-state index in [1.807, 2.05) is 0 Å². The Morgan fingerprint density at radius 1 is 1.07 bits per heavy atom. The molecule has 0 saturated heterocycles. The number of rotatable bonds is 7. The zero-order valence-corrected chi connectivity index (χ0v) is 19.0. The van der Waals surface area contributed by atoms with Gasteiger partial charge in [-0.1, -0.05) is 46.9 Å². The molecule has 1 saturated carbocycles. The summed E-state index contributed by atoms with van der Waals surface area (Å²) in [7, 11) is 0. The molecule has 2 unspecified atom stereocenters. The normalized spacial score (nSPS) is 19.1. The molecule has 1 aliphatic rings. The molecule has 2 atom stereocenters. The lowest BCUT2D eigenvalue weighted by molar-refractivity contribution is -0.117. The van der Waals surface area contributed by atoms with Crippen molar-refractivity contribution in [2.45, 2.75) is 10.3 Å². The van der Waals surface area contributed by atoms with Crippen molar-refractivity contribution in [2.24, 2.45) is 5.92 Å². The number of carbonyl (C=O) groups excluding carboxylic acids is 2. The molecule has 0 radical (unpaired) electrons. The van der Waals surface area contributed by atoms with Crippen LogP contribution in [0.4, 0.5) is 5.69 Å². The van der Waals surface area contributed by atoms with Crippen molar-refractivity contribution in [2.75, 3.05) is 11.9 Å². The van der Waals surface area contributed by atoms with Crippen molar-refractivity contribution in [1.82, 2.24) is 5.48 Å². The van der Waals surface area contributed by atoms with Crippen LogP contribution in [-0.4, -0.2) is 22.8 Å². The minimum atomic E-state index is -1.30. The number of hydrogen-bond acceptors (Lipinski definition) is 3. The van der Waals surface area contributed by atoms with E-state index in [9.17, 15) is 9.59 Å². The quantitative estimate of drug-likeness (QED) is 0.208. The van der Waals surface area contributed by atoms with E-state index in [0.717, 1.165) is 0 Å². The SMILES string of the molecule is C=CCONC(=O)c1cc(NC(=O)C2C(c3ccc(Cl)c(Cl)c3)C2(Cl)Cl)ccc1Cl. The van der Waals surface area contributed by atoms with E-state index in [4.69, 9.17) is 62.8 Å². The lowest BCUT2D eigenvalue weighted by Crippen LogP contribution is -2.24. The number of halogens is 5. The molecule has 0 bridgehead atoms. The highest BCUT2D eigenvalue weighted by molar-refractivity contribution is 6.53. The lowest BCUT2D eigenvalue weighted by Gasteiger charge is -2.10.